The quantitative estimate of drug-likeness (QED) is 0.626. The van der Waals surface area contributed by atoms with Gasteiger partial charge in [-0.05, 0) is 36.8 Å². The Bertz CT molecular complexity index is 530. The predicted octanol–water partition coefficient (Wildman–Crippen LogP) is 3.46. The summed E-state index contributed by atoms with van der Waals surface area (Å²) in [7, 11) is 0. The largest absolute Gasteiger partial charge is 0.384 e. The van der Waals surface area contributed by atoms with Gasteiger partial charge in [0.1, 0.15) is 11.6 Å². The number of nitrogens with zero attached hydrogens (tertiary/aromatic N) is 2. The first kappa shape index (κ1) is 13.3. The Kier molecular flexibility index (Phi) is 3.70. The number of anilines is 1. The number of hydrogen-bond acceptors (Lipinski definition) is 4. The summed E-state index contributed by atoms with van der Waals surface area (Å²) in [6.07, 6.45) is 4.81. The Labute approximate surface area is 112 Å². The highest BCUT2D eigenvalue weighted by Gasteiger charge is 2.41. The Morgan fingerprint density at radius 2 is 2.26 bits per heavy atom. The number of nitro groups is 1. The van der Waals surface area contributed by atoms with Crippen LogP contribution in [0.25, 0.3) is 0 Å². The van der Waals surface area contributed by atoms with E-state index in [1.807, 2.05) is 6.07 Å². The minimum atomic E-state index is -0.511. The molecule has 1 aliphatic rings. The van der Waals surface area contributed by atoms with Crippen LogP contribution in [-0.4, -0.2) is 11.5 Å². The van der Waals surface area contributed by atoms with E-state index in [9.17, 15) is 10.1 Å². The Morgan fingerprint density at radius 3 is 2.79 bits per heavy atom. The van der Waals surface area contributed by atoms with Crippen molar-refractivity contribution in [3.8, 4) is 6.07 Å². The lowest BCUT2D eigenvalue weighted by atomic mass is 10.0. The van der Waals surface area contributed by atoms with Gasteiger partial charge in [0, 0.05) is 18.3 Å². The summed E-state index contributed by atoms with van der Waals surface area (Å²) in [5.74, 6) is 0. The molecule has 1 fully saturated rings. The summed E-state index contributed by atoms with van der Waals surface area (Å²) in [5.41, 5.74) is 1.07. The fourth-order valence-electron chi connectivity index (χ4n) is 2.40. The second kappa shape index (κ2) is 5.27. The number of nitro benzene ring substituents is 1. The molecule has 5 nitrogen and oxygen atoms in total. The lowest BCUT2D eigenvalue weighted by molar-refractivity contribution is -0.385. The molecule has 5 heteroatoms. The van der Waals surface area contributed by atoms with Gasteiger partial charge >= 0.3 is 0 Å². The monoisotopic (exact) mass is 259 g/mol. The molecule has 19 heavy (non-hydrogen) atoms. The van der Waals surface area contributed by atoms with E-state index < -0.39 is 4.92 Å². The summed E-state index contributed by atoms with van der Waals surface area (Å²) in [6.45, 7) is 3.02. The lowest BCUT2D eigenvalue weighted by Gasteiger charge is -2.15. The van der Waals surface area contributed by atoms with Gasteiger partial charge in [0.05, 0.1) is 4.92 Å². The summed E-state index contributed by atoms with van der Waals surface area (Å²) < 4.78 is 0. The summed E-state index contributed by atoms with van der Waals surface area (Å²) >= 11 is 0. The van der Waals surface area contributed by atoms with Gasteiger partial charge in [-0.15, -0.1) is 0 Å². The molecule has 0 unspecified atom stereocenters. The fraction of sp³-hybridized carbons (Fsp3) is 0.500. The van der Waals surface area contributed by atoms with Gasteiger partial charge in [0.2, 0.25) is 0 Å². The van der Waals surface area contributed by atoms with E-state index in [0.717, 1.165) is 13.0 Å². The standard InChI is InChI=1S/C14H17N3O2/c1-2-5-14(6-7-14)10-16-12-4-3-11(9-15)13(8-12)17(18)19/h3-4,8,16H,2,5-7,10H2,1H3. The maximum Gasteiger partial charge on any atom is 0.289 e. The first-order valence-corrected chi connectivity index (χ1v) is 6.53. The number of rotatable bonds is 6. The Hall–Kier alpha value is -2.09. The number of nitriles is 1. The van der Waals surface area contributed by atoms with Crippen LogP contribution in [0.4, 0.5) is 11.4 Å². The number of hydrogen-bond donors (Lipinski definition) is 1. The van der Waals surface area contributed by atoms with Gasteiger partial charge in [-0.3, -0.25) is 10.1 Å². The average molecular weight is 259 g/mol. The third-order valence-electron chi connectivity index (χ3n) is 3.72. The minimum Gasteiger partial charge on any atom is -0.384 e. The van der Waals surface area contributed by atoms with Gasteiger partial charge in [0.25, 0.3) is 5.69 Å². The molecule has 0 radical (unpaired) electrons. The van der Waals surface area contributed by atoms with Gasteiger partial charge in [-0.1, -0.05) is 13.3 Å². The van der Waals surface area contributed by atoms with E-state index in [4.69, 9.17) is 5.26 Å². The van der Waals surface area contributed by atoms with Gasteiger partial charge in [-0.25, -0.2) is 0 Å². The maximum atomic E-state index is 10.9. The van der Waals surface area contributed by atoms with Crippen LogP contribution >= 0.6 is 0 Å². The second-order valence-electron chi connectivity index (χ2n) is 5.20. The molecule has 0 spiro atoms. The molecule has 0 bridgehead atoms. The van der Waals surface area contributed by atoms with Crippen LogP contribution in [0.5, 0.6) is 0 Å². The minimum absolute atomic E-state index is 0.102. The molecule has 0 atom stereocenters. The molecular weight excluding hydrogens is 242 g/mol. The Morgan fingerprint density at radius 1 is 1.53 bits per heavy atom. The fourth-order valence-corrected chi connectivity index (χ4v) is 2.40. The van der Waals surface area contributed by atoms with Gasteiger partial charge in [0.15, 0.2) is 0 Å². The first-order chi connectivity index (χ1) is 9.10. The topological polar surface area (TPSA) is 79.0 Å². The zero-order valence-corrected chi connectivity index (χ0v) is 11.0. The molecule has 0 aliphatic heterocycles. The number of nitrogens with one attached hydrogen (secondary N) is 1. The van der Waals surface area contributed by atoms with Crippen molar-refractivity contribution in [1.82, 2.24) is 0 Å². The number of benzene rings is 1. The first-order valence-electron chi connectivity index (χ1n) is 6.53. The molecule has 0 heterocycles. The van der Waals surface area contributed by atoms with Crippen molar-refractivity contribution in [2.45, 2.75) is 32.6 Å². The zero-order valence-electron chi connectivity index (χ0n) is 11.0. The van der Waals surface area contributed by atoms with Gasteiger partial charge in [-0.2, -0.15) is 5.26 Å². The molecule has 1 N–H and O–H groups in total. The molecular formula is C14H17N3O2. The highest BCUT2D eigenvalue weighted by atomic mass is 16.6. The third-order valence-corrected chi connectivity index (χ3v) is 3.72. The van der Waals surface area contributed by atoms with Crippen molar-refractivity contribution in [3.63, 3.8) is 0 Å². The highest BCUT2D eigenvalue weighted by Crippen LogP contribution is 2.49. The van der Waals surface area contributed by atoms with E-state index >= 15 is 0 Å². The normalized spacial score (nSPS) is 15.6. The van der Waals surface area contributed by atoms with E-state index in [1.54, 1.807) is 6.07 Å². The van der Waals surface area contributed by atoms with Crippen LogP contribution in [0.1, 0.15) is 38.2 Å². The Balaban J connectivity index is 2.08. The van der Waals surface area contributed by atoms with E-state index in [-0.39, 0.29) is 11.3 Å². The molecule has 0 amide bonds. The van der Waals surface area contributed by atoms with Crippen LogP contribution in [0.15, 0.2) is 18.2 Å². The SMILES string of the molecule is CCCC1(CNc2ccc(C#N)c([N+](=O)[O-])c2)CC1. The molecule has 0 aromatic heterocycles. The van der Waals surface area contributed by atoms with Crippen molar-refractivity contribution in [2.24, 2.45) is 5.41 Å². The van der Waals surface area contributed by atoms with Crippen LogP contribution in [0.3, 0.4) is 0 Å². The molecule has 1 aromatic carbocycles. The van der Waals surface area contributed by atoms with Crippen LogP contribution in [-0.2, 0) is 0 Å². The van der Waals surface area contributed by atoms with E-state index in [1.165, 1.54) is 31.4 Å². The maximum absolute atomic E-state index is 10.9. The van der Waals surface area contributed by atoms with Crippen LogP contribution in [0, 0.1) is 26.9 Å². The molecule has 0 saturated heterocycles. The van der Waals surface area contributed by atoms with Crippen molar-refractivity contribution < 1.29 is 4.92 Å². The van der Waals surface area contributed by atoms with Crippen molar-refractivity contribution >= 4 is 11.4 Å². The summed E-state index contributed by atoms with van der Waals surface area (Å²) in [4.78, 5) is 10.4. The highest BCUT2D eigenvalue weighted by molar-refractivity contribution is 5.59. The van der Waals surface area contributed by atoms with Crippen molar-refractivity contribution in [1.29, 1.82) is 5.26 Å². The van der Waals surface area contributed by atoms with E-state index in [0.29, 0.717) is 11.1 Å². The van der Waals surface area contributed by atoms with Crippen LogP contribution in [0.2, 0.25) is 0 Å². The summed E-state index contributed by atoms with van der Waals surface area (Å²) in [6, 6.07) is 6.51. The van der Waals surface area contributed by atoms with Gasteiger partial charge < -0.3 is 5.32 Å². The van der Waals surface area contributed by atoms with Crippen LogP contribution < -0.4 is 5.32 Å². The molecule has 1 aromatic rings. The predicted molar refractivity (Wildman–Crippen MR) is 72.9 cm³/mol. The zero-order chi connectivity index (χ0) is 13.9. The molecule has 2 rings (SSSR count). The molecule has 1 aliphatic carbocycles. The average Bonchev–Trinajstić information content (AvgIpc) is 3.17. The lowest BCUT2D eigenvalue weighted by Crippen LogP contribution is -2.15. The van der Waals surface area contributed by atoms with E-state index in [2.05, 4.69) is 12.2 Å². The smallest absolute Gasteiger partial charge is 0.289 e. The van der Waals surface area contributed by atoms with Crippen molar-refractivity contribution in [3.05, 3.63) is 33.9 Å². The molecule has 1 saturated carbocycles. The molecule has 100 valence electrons. The van der Waals surface area contributed by atoms with Crippen molar-refractivity contribution in [2.75, 3.05) is 11.9 Å². The summed E-state index contributed by atoms with van der Waals surface area (Å²) in [5, 5.41) is 23.0. The second-order valence-corrected chi connectivity index (χ2v) is 5.20. The third kappa shape index (κ3) is 3.02.